The Labute approximate surface area is 222 Å². The van der Waals surface area contributed by atoms with Gasteiger partial charge in [-0.3, -0.25) is 4.90 Å². The molecule has 0 aromatic heterocycles. The number of esters is 1. The Morgan fingerprint density at radius 2 is 1.53 bits per heavy atom. The first-order valence-corrected chi connectivity index (χ1v) is 12.8. The molecule has 194 valence electrons. The van der Waals surface area contributed by atoms with Crippen molar-refractivity contribution in [2.45, 2.75) is 31.7 Å². The topological polar surface area (TPSA) is 79.2 Å². The summed E-state index contributed by atoms with van der Waals surface area (Å²) in [5.74, 6) is -0.000599. The van der Waals surface area contributed by atoms with Gasteiger partial charge in [0.2, 0.25) is 0 Å². The fourth-order valence-electron chi connectivity index (χ4n) is 5.16. The predicted octanol–water partition coefficient (Wildman–Crippen LogP) is 6.10. The normalized spacial score (nSPS) is 18.8. The summed E-state index contributed by atoms with van der Waals surface area (Å²) >= 11 is 0. The van der Waals surface area contributed by atoms with Crippen molar-refractivity contribution in [2.75, 3.05) is 13.2 Å². The van der Waals surface area contributed by atoms with Crippen LogP contribution >= 0.6 is 0 Å². The highest BCUT2D eigenvalue weighted by atomic mass is 16.5. The number of ether oxygens (including phenoxy) is 2. The summed E-state index contributed by atoms with van der Waals surface area (Å²) in [6.45, 7) is 1.86. The van der Waals surface area contributed by atoms with E-state index < -0.39 is 24.3 Å². The highest BCUT2D eigenvalue weighted by Gasteiger charge is 2.44. The molecule has 1 aliphatic heterocycles. The van der Waals surface area contributed by atoms with Gasteiger partial charge in [-0.1, -0.05) is 91.0 Å². The molecule has 2 N–H and O–H groups in total. The van der Waals surface area contributed by atoms with E-state index in [0.29, 0.717) is 5.75 Å². The predicted molar refractivity (Wildman–Crippen MR) is 147 cm³/mol. The minimum Gasteiger partial charge on any atom is -0.512 e. The van der Waals surface area contributed by atoms with Gasteiger partial charge in [0, 0.05) is 12.5 Å². The van der Waals surface area contributed by atoms with Gasteiger partial charge < -0.3 is 19.7 Å². The SMILES string of the molecule is CCOC(=O)C1=C(O)CC(c2ccccc2)N(C(O)COc2ccc3ccccc3c2)C1c1ccccc1. The second kappa shape index (κ2) is 11.5. The molecular formula is C32H31NO5. The number of aliphatic hydroxyl groups excluding tert-OH is 2. The third-order valence-corrected chi connectivity index (χ3v) is 6.89. The Morgan fingerprint density at radius 3 is 2.21 bits per heavy atom. The second-order valence-electron chi connectivity index (χ2n) is 9.27. The van der Waals surface area contributed by atoms with Gasteiger partial charge in [-0.05, 0) is 41.0 Å². The molecule has 1 aliphatic rings. The van der Waals surface area contributed by atoms with Gasteiger partial charge in [0.25, 0.3) is 0 Å². The van der Waals surface area contributed by atoms with Gasteiger partial charge in [0.1, 0.15) is 24.3 Å². The largest absolute Gasteiger partial charge is 0.512 e. The third kappa shape index (κ3) is 5.28. The van der Waals surface area contributed by atoms with E-state index in [-0.39, 0.29) is 31.0 Å². The monoisotopic (exact) mass is 509 g/mol. The molecule has 5 rings (SSSR count). The molecule has 0 aliphatic carbocycles. The van der Waals surface area contributed by atoms with Gasteiger partial charge in [0.05, 0.1) is 18.2 Å². The number of carbonyl (C=O) groups is 1. The Morgan fingerprint density at radius 1 is 0.895 bits per heavy atom. The molecule has 38 heavy (non-hydrogen) atoms. The van der Waals surface area contributed by atoms with Crippen molar-refractivity contribution in [1.29, 1.82) is 0 Å². The summed E-state index contributed by atoms with van der Waals surface area (Å²) in [6, 6.07) is 31.7. The number of hydrogen-bond acceptors (Lipinski definition) is 6. The van der Waals surface area contributed by atoms with Crippen molar-refractivity contribution in [3.63, 3.8) is 0 Å². The molecule has 3 unspecified atom stereocenters. The van der Waals surface area contributed by atoms with Crippen molar-refractivity contribution in [1.82, 2.24) is 4.90 Å². The van der Waals surface area contributed by atoms with Crippen LogP contribution in [0.2, 0.25) is 0 Å². The number of carbonyl (C=O) groups excluding carboxylic acids is 1. The molecule has 3 atom stereocenters. The van der Waals surface area contributed by atoms with E-state index in [9.17, 15) is 15.0 Å². The van der Waals surface area contributed by atoms with Crippen LogP contribution in [-0.2, 0) is 9.53 Å². The van der Waals surface area contributed by atoms with Crippen LogP contribution < -0.4 is 4.74 Å². The van der Waals surface area contributed by atoms with Crippen LogP contribution in [0.3, 0.4) is 0 Å². The van der Waals surface area contributed by atoms with Gasteiger partial charge in [-0.15, -0.1) is 0 Å². The van der Waals surface area contributed by atoms with Crippen LogP contribution in [0.1, 0.15) is 36.6 Å². The Kier molecular flexibility index (Phi) is 7.73. The highest BCUT2D eigenvalue weighted by molar-refractivity contribution is 5.91. The third-order valence-electron chi connectivity index (χ3n) is 6.89. The number of benzene rings is 4. The van der Waals surface area contributed by atoms with E-state index in [1.54, 1.807) is 6.92 Å². The minimum absolute atomic E-state index is 0.0370. The number of fused-ring (bicyclic) bond motifs is 1. The lowest BCUT2D eigenvalue weighted by Gasteiger charge is -2.45. The lowest BCUT2D eigenvalue weighted by Crippen LogP contribution is -2.48. The summed E-state index contributed by atoms with van der Waals surface area (Å²) in [4.78, 5) is 15.0. The maximum atomic E-state index is 13.1. The van der Waals surface area contributed by atoms with Crippen molar-refractivity contribution in [3.8, 4) is 5.75 Å². The fraction of sp³-hybridized carbons (Fsp3) is 0.219. The molecule has 0 radical (unpaired) electrons. The standard InChI is InChI=1S/C32H31NO5/c1-2-37-32(36)30-28(34)20-27(23-12-5-3-6-13-23)33(31(30)24-14-7-4-8-15-24)29(35)21-38-26-18-17-22-11-9-10-16-25(22)19-26/h3-19,27,29,31,34-35H,2,20-21H2,1H3. The molecule has 0 spiro atoms. The molecule has 4 aromatic rings. The fourth-order valence-corrected chi connectivity index (χ4v) is 5.16. The van der Waals surface area contributed by atoms with Crippen molar-refractivity contribution >= 4 is 16.7 Å². The molecule has 0 amide bonds. The van der Waals surface area contributed by atoms with E-state index in [0.717, 1.165) is 21.9 Å². The molecule has 6 nitrogen and oxygen atoms in total. The van der Waals surface area contributed by atoms with Crippen LogP contribution in [0, 0.1) is 0 Å². The first-order chi connectivity index (χ1) is 18.6. The van der Waals surface area contributed by atoms with Crippen LogP contribution in [0.25, 0.3) is 10.8 Å². The molecule has 0 saturated carbocycles. The first kappa shape index (κ1) is 25.5. The number of aliphatic hydroxyl groups is 2. The smallest absolute Gasteiger partial charge is 0.339 e. The van der Waals surface area contributed by atoms with Gasteiger partial charge in [-0.2, -0.15) is 0 Å². The quantitative estimate of drug-likeness (QED) is 0.280. The summed E-state index contributed by atoms with van der Waals surface area (Å²) in [5, 5.41) is 25.0. The average Bonchev–Trinajstić information content (AvgIpc) is 2.96. The Hall–Kier alpha value is -4.13. The van der Waals surface area contributed by atoms with Crippen molar-refractivity contribution in [2.24, 2.45) is 0 Å². The van der Waals surface area contributed by atoms with E-state index in [2.05, 4.69) is 0 Å². The number of rotatable bonds is 8. The molecule has 0 saturated heterocycles. The zero-order valence-corrected chi connectivity index (χ0v) is 21.2. The molecule has 1 heterocycles. The summed E-state index contributed by atoms with van der Waals surface area (Å²) < 4.78 is 11.4. The van der Waals surface area contributed by atoms with Gasteiger partial charge in [0.15, 0.2) is 0 Å². The first-order valence-electron chi connectivity index (χ1n) is 12.8. The maximum Gasteiger partial charge on any atom is 0.339 e. The minimum atomic E-state index is -1.10. The molecule has 0 bridgehead atoms. The van der Waals surface area contributed by atoms with E-state index in [4.69, 9.17) is 9.47 Å². The molecule has 6 heteroatoms. The van der Waals surface area contributed by atoms with Crippen LogP contribution in [0.5, 0.6) is 5.75 Å². The van der Waals surface area contributed by atoms with Crippen LogP contribution in [0.15, 0.2) is 114 Å². The maximum absolute atomic E-state index is 13.1. The van der Waals surface area contributed by atoms with Crippen molar-refractivity contribution in [3.05, 3.63) is 126 Å². The second-order valence-corrected chi connectivity index (χ2v) is 9.27. The Bertz CT molecular complexity index is 1420. The van der Waals surface area contributed by atoms with E-state index >= 15 is 0 Å². The van der Waals surface area contributed by atoms with E-state index in [1.165, 1.54) is 0 Å². The number of nitrogens with zero attached hydrogens (tertiary/aromatic N) is 1. The lowest BCUT2D eigenvalue weighted by atomic mass is 9.85. The van der Waals surface area contributed by atoms with Crippen LogP contribution in [-0.4, -0.2) is 40.5 Å². The van der Waals surface area contributed by atoms with Crippen molar-refractivity contribution < 1.29 is 24.5 Å². The summed E-state index contributed by atoms with van der Waals surface area (Å²) in [7, 11) is 0. The molecular weight excluding hydrogens is 478 g/mol. The van der Waals surface area contributed by atoms with Gasteiger partial charge >= 0.3 is 5.97 Å². The number of hydrogen-bond donors (Lipinski definition) is 2. The molecule has 4 aromatic carbocycles. The van der Waals surface area contributed by atoms with E-state index in [1.807, 2.05) is 108 Å². The average molecular weight is 510 g/mol. The van der Waals surface area contributed by atoms with Gasteiger partial charge in [-0.25, -0.2) is 4.79 Å². The summed E-state index contributed by atoms with van der Waals surface area (Å²) in [5.41, 5.74) is 1.80. The zero-order chi connectivity index (χ0) is 26.5. The highest BCUT2D eigenvalue weighted by Crippen LogP contribution is 2.45. The Balaban J connectivity index is 1.54. The molecule has 0 fully saturated rings. The summed E-state index contributed by atoms with van der Waals surface area (Å²) in [6.07, 6.45) is -0.955. The zero-order valence-electron chi connectivity index (χ0n) is 21.2. The lowest BCUT2D eigenvalue weighted by molar-refractivity contribution is -0.142. The van der Waals surface area contributed by atoms with Crippen LogP contribution in [0.4, 0.5) is 0 Å².